The second-order valence-electron chi connectivity index (χ2n) is 7.81. The molecule has 5 nitrogen and oxygen atoms in total. The summed E-state index contributed by atoms with van der Waals surface area (Å²) in [4.78, 5) is 23.1. The highest BCUT2D eigenvalue weighted by Gasteiger charge is 2.39. The maximum absolute atomic E-state index is 12.1. The molecule has 0 aromatic heterocycles. The molecular formula is C24H38O5. The molecule has 0 unspecified atom stereocenters. The summed E-state index contributed by atoms with van der Waals surface area (Å²) in [5.41, 5.74) is 0. The van der Waals surface area contributed by atoms with Crippen molar-refractivity contribution in [2.75, 3.05) is 7.11 Å². The zero-order chi connectivity index (χ0) is 21.5. The molecule has 1 rings (SSSR count). The van der Waals surface area contributed by atoms with Crippen molar-refractivity contribution in [2.45, 2.75) is 96.6 Å². The molecule has 1 saturated heterocycles. The van der Waals surface area contributed by atoms with E-state index in [-0.39, 0.29) is 24.0 Å². The molecule has 0 N–H and O–H groups in total. The highest BCUT2D eigenvalue weighted by atomic mass is 16.7. The number of esters is 1. The molecule has 0 aromatic rings. The van der Waals surface area contributed by atoms with Gasteiger partial charge in [0.2, 0.25) is 0 Å². The molecule has 0 amide bonds. The molecule has 164 valence electrons. The lowest BCUT2D eigenvalue weighted by molar-refractivity contribution is -0.142. The monoisotopic (exact) mass is 406 g/mol. The Morgan fingerprint density at radius 3 is 2.45 bits per heavy atom. The lowest BCUT2D eigenvalue weighted by atomic mass is 10.1. The topological polar surface area (TPSA) is 61.8 Å². The van der Waals surface area contributed by atoms with Crippen molar-refractivity contribution >= 4 is 11.8 Å². The van der Waals surface area contributed by atoms with Gasteiger partial charge in [-0.15, -0.1) is 0 Å². The first kappa shape index (κ1) is 25.3. The third-order valence-corrected chi connectivity index (χ3v) is 4.67. The summed E-state index contributed by atoms with van der Waals surface area (Å²) < 4.78 is 16.5. The number of carbonyl (C=O) groups is 2. The van der Waals surface area contributed by atoms with Gasteiger partial charge in [0.15, 0.2) is 11.6 Å². The van der Waals surface area contributed by atoms with E-state index < -0.39 is 5.79 Å². The van der Waals surface area contributed by atoms with Crippen LogP contribution in [0.5, 0.6) is 0 Å². The molecule has 1 fully saturated rings. The molecule has 1 aliphatic heterocycles. The van der Waals surface area contributed by atoms with Crippen LogP contribution in [0.15, 0.2) is 36.5 Å². The van der Waals surface area contributed by atoms with Crippen LogP contribution in [-0.2, 0) is 23.8 Å². The molecule has 0 bridgehead atoms. The van der Waals surface area contributed by atoms with Crippen molar-refractivity contribution in [3.63, 3.8) is 0 Å². The van der Waals surface area contributed by atoms with Crippen LogP contribution in [0.3, 0.4) is 0 Å². The van der Waals surface area contributed by atoms with Crippen LogP contribution in [0.1, 0.15) is 78.6 Å². The van der Waals surface area contributed by atoms with Gasteiger partial charge in [0.1, 0.15) is 6.10 Å². The van der Waals surface area contributed by atoms with Gasteiger partial charge in [0, 0.05) is 12.8 Å². The average molecular weight is 407 g/mol. The number of hydrogen-bond donors (Lipinski definition) is 0. The molecule has 1 aliphatic rings. The summed E-state index contributed by atoms with van der Waals surface area (Å²) in [6.07, 6.45) is 19.0. The lowest BCUT2D eigenvalue weighted by Crippen LogP contribution is -2.21. The summed E-state index contributed by atoms with van der Waals surface area (Å²) in [7, 11) is 1.39. The van der Waals surface area contributed by atoms with Gasteiger partial charge in [-0.2, -0.15) is 0 Å². The maximum Gasteiger partial charge on any atom is 0.305 e. The Kier molecular flexibility index (Phi) is 12.5. The first-order valence-corrected chi connectivity index (χ1v) is 10.8. The van der Waals surface area contributed by atoms with Gasteiger partial charge in [-0.3, -0.25) is 9.59 Å². The van der Waals surface area contributed by atoms with E-state index in [0.717, 1.165) is 25.7 Å². The summed E-state index contributed by atoms with van der Waals surface area (Å²) in [6.45, 7) is 6.00. The average Bonchev–Trinajstić information content (AvgIpc) is 2.98. The van der Waals surface area contributed by atoms with E-state index in [0.29, 0.717) is 12.8 Å². The van der Waals surface area contributed by atoms with E-state index in [1.807, 2.05) is 32.1 Å². The minimum atomic E-state index is -0.641. The standard InChI is InChI=1S/C24H38O5/c1-5-6-7-8-9-13-16-21-22(29-24(2,3)28-21)19-18-20(25)15-12-10-11-14-17-23(26)27-4/h9-10,12-13,18-19,21-22H,5-8,11,14-17H2,1-4H3/b12-10-,13-9-,19-18+/t21-,22+/m0/s1. The van der Waals surface area contributed by atoms with E-state index >= 15 is 0 Å². The van der Waals surface area contributed by atoms with E-state index in [2.05, 4.69) is 23.8 Å². The molecule has 1 heterocycles. The van der Waals surface area contributed by atoms with Crippen LogP contribution in [0.25, 0.3) is 0 Å². The molecule has 5 heteroatoms. The van der Waals surface area contributed by atoms with Crippen molar-refractivity contribution in [3.05, 3.63) is 36.5 Å². The molecule has 0 saturated carbocycles. The largest absolute Gasteiger partial charge is 0.469 e. The van der Waals surface area contributed by atoms with Gasteiger partial charge >= 0.3 is 5.97 Å². The van der Waals surface area contributed by atoms with Crippen LogP contribution >= 0.6 is 0 Å². The normalized spacial score (nSPS) is 21.5. The van der Waals surface area contributed by atoms with Crippen molar-refractivity contribution in [2.24, 2.45) is 0 Å². The van der Waals surface area contributed by atoms with Gasteiger partial charge in [-0.1, -0.05) is 44.1 Å². The van der Waals surface area contributed by atoms with E-state index in [1.54, 1.807) is 6.08 Å². The first-order valence-electron chi connectivity index (χ1n) is 10.8. The number of allylic oxidation sites excluding steroid dienone is 4. The van der Waals surface area contributed by atoms with Crippen LogP contribution < -0.4 is 0 Å². The maximum atomic E-state index is 12.1. The summed E-state index contributed by atoms with van der Waals surface area (Å²) in [6, 6.07) is 0. The predicted octanol–water partition coefficient (Wildman–Crippen LogP) is 5.45. The second kappa shape index (κ2) is 14.3. The Morgan fingerprint density at radius 2 is 1.72 bits per heavy atom. The number of rotatable bonds is 14. The van der Waals surface area contributed by atoms with Crippen molar-refractivity contribution in [3.8, 4) is 0 Å². The Bertz CT molecular complexity index is 574. The Balaban J connectivity index is 2.39. The number of carbonyl (C=O) groups excluding carboxylic acids is 2. The van der Waals surface area contributed by atoms with Gasteiger partial charge in [0.05, 0.1) is 13.2 Å². The molecular weight excluding hydrogens is 368 g/mol. The highest BCUT2D eigenvalue weighted by Crippen LogP contribution is 2.31. The molecule has 29 heavy (non-hydrogen) atoms. The number of ketones is 1. The Labute approximate surface area is 176 Å². The summed E-state index contributed by atoms with van der Waals surface area (Å²) >= 11 is 0. The third-order valence-electron chi connectivity index (χ3n) is 4.67. The van der Waals surface area contributed by atoms with Crippen LogP contribution in [0, 0.1) is 0 Å². The summed E-state index contributed by atoms with van der Waals surface area (Å²) in [5.74, 6) is -0.820. The predicted molar refractivity (Wildman–Crippen MR) is 115 cm³/mol. The third kappa shape index (κ3) is 11.8. The van der Waals surface area contributed by atoms with E-state index in [9.17, 15) is 9.59 Å². The van der Waals surface area contributed by atoms with Gasteiger partial charge in [0.25, 0.3) is 0 Å². The minimum Gasteiger partial charge on any atom is -0.469 e. The van der Waals surface area contributed by atoms with Gasteiger partial charge in [-0.25, -0.2) is 0 Å². The lowest BCUT2D eigenvalue weighted by Gasteiger charge is -2.16. The van der Waals surface area contributed by atoms with Crippen molar-refractivity contribution in [1.82, 2.24) is 0 Å². The minimum absolute atomic E-state index is 0.0244. The quantitative estimate of drug-likeness (QED) is 0.166. The van der Waals surface area contributed by atoms with Crippen molar-refractivity contribution in [1.29, 1.82) is 0 Å². The van der Waals surface area contributed by atoms with E-state index in [1.165, 1.54) is 26.4 Å². The number of methoxy groups -OCH3 is 1. The number of ether oxygens (including phenoxy) is 3. The summed E-state index contributed by atoms with van der Waals surface area (Å²) in [5, 5.41) is 0. The first-order chi connectivity index (χ1) is 13.9. The second-order valence-corrected chi connectivity index (χ2v) is 7.81. The Hall–Kier alpha value is -1.72. The van der Waals surface area contributed by atoms with E-state index in [4.69, 9.17) is 9.47 Å². The van der Waals surface area contributed by atoms with Gasteiger partial charge in [-0.05, 0) is 58.1 Å². The molecule has 2 atom stereocenters. The van der Waals surface area contributed by atoms with Gasteiger partial charge < -0.3 is 14.2 Å². The smallest absolute Gasteiger partial charge is 0.305 e. The SMILES string of the molecule is CCCCC/C=C\C[C@@H]1OC(C)(C)O[C@@H]1/C=C/C(=O)C/C=C\CCCC(=O)OC. The number of hydrogen-bond acceptors (Lipinski definition) is 5. The molecule has 0 aliphatic carbocycles. The zero-order valence-electron chi connectivity index (χ0n) is 18.5. The fourth-order valence-corrected chi connectivity index (χ4v) is 3.12. The van der Waals surface area contributed by atoms with Crippen LogP contribution in [0.2, 0.25) is 0 Å². The van der Waals surface area contributed by atoms with Crippen LogP contribution in [0.4, 0.5) is 0 Å². The molecule has 0 aromatic carbocycles. The Morgan fingerprint density at radius 1 is 1.00 bits per heavy atom. The number of unbranched alkanes of at least 4 members (excludes halogenated alkanes) is 4. The fourth-order valence-electron chi connectivity index (χ4n) is 3.12. The molecule has 0 spiro atoms. The highest BCUT2D eigenvalue weighted by molar-refractivity contribution is 5.90. The zero-order valence-corrected chi connectivity index (χ0v) is 18.5. The van der Waals surface area contributed by atoms with Crippen LogP contribution in [-0.4, -0.2) is 36.9 Å². The fraction of sp³-hybridized carbons (Fsp3) is 0.667. The molecule has 0 radical (unpaired) electrons. The van der Waals surface area contributed by atoms with Crippen molar-refractivity contribution < 1.29 is 23.8 Å².